The van der Waals surface area contributed by atoms with Gasteiger partial charge in [0.15, 0.2) is 0 Å². The van der Waals surface area contributed by atoms with E-state index in [1.54, 1.807) is 30.3 Å². The molecule has 92 valence electrons. The van der Waals surface area contributed by atoms with Gasteiger partial charge in [0.25, 0.3) is 0 Å². The lowest BCUT2D eigenvalue weighted by Gasteiger charge is -2.06. The molecule has 2 N–H and O–H groups in total. The lowest BCUT2D eigenvalue weighted by atomic mass is 10.0. The summed E-state index contributed by atoms with van der Waals surface area (Å²) in [6.45, 7) is 0. The topological polar surface area (TPSA) is 52.3 Å². The number of esters is 1. The van der Waals surface area contributed by atoms with E-state index in [0.29, 0.717) is 11.3 Å². The van der Waals surface area contributed by atoms with Crippen LogP contribution in [0.5, 0.6) is 0 Å². The van der Waals surface area contributed by atoms with Gasteiger partial charge in [0.1, 0.15) is 5.82 Å². The average Bonchev–Trinajstić information content (AvgIpc) is 2.37. The Morgan fingerprint density at radius 1 is 1.17 bits per heavy atom. The number of carbonyl (C=O) groups is 1. The Morgan fingerprint density at radius 3 is 2.61 bits per heavy atom. The summed E-state index contributed by atoms with van der Waals surface area (Å²) in [4.78, 5) is 11.4. The highest BCUT2D eigenvalue weighted by Crippen LogP contribution is 2.24. The number of hydrogen-bond acceptors (Lipinski definition) is 3. The first-order valence-corrected chi connectivity index (χ1v) is 5.35. The van der Waals surface area contributed by atoms with E-state index < -0.39 is 11.8 Å². The van der Waals surface area contributed by atoms with Crippen LogP contribution in [0.4, 0.5) is 10.1 Å². The zero-order valence-electron chi connectivity index (χ0n) is 9.81. The lowest BCUT2D eigenvalue weighted by Crippen LogP contribution is -2.02. The van der Waals surface area contributed by atoms with Crippen LogP contribution in [-0.2, 0) is 4.74 Å². The van der Waals surface area contributed by atoms with E-state index in [2.05, 4.69) is 4.74 Å². The molecule has 0 radical (unpaired) electrons. The van der Waals surface area contributed by atoms with Gasteiger partial charge in [-0.1, -0.05) is 12.1 Å². The summed E-state index contributed by atoms with van der Waals surface area (Å²) in [5.41, 5.74) is 7.76. The molecule has 0 fully saturated rings. The van der Waals surface area contributed by atoms with Crippen molar-refractivity contribution < 1.29 is 13.9 Å². The third kappa shape index (κ3) is 2.48. The lowest BCUT2D eigenvalue weighted by molar-refractivity contribution is 0.0600. The van der Waals surface area contributed by atoms with E-state index >= 15 is 0 Å². The molecule has 2 aromatic rings. The molecular weight excluding hydrogens is 233 g/mol. The van der Waals surface area contributed by atoms with Crippen molar-refractivity contribution in [1.29, 1.82) is 0 Å². The molecule has 2 aromatic carbocycles. The van der Waals surface area contributed by atoms with Gasteiger partial charge < -0.3 is 10.5 Å². The van der Waals surface area contributed by atoms with Crippen LogP contribution in [0.2, 0.25) is 0 Å². The van der Waals surface area contributed by atoms with E-state index in [0.717, 1.165) is 11.6 Å². The summed E-state index contributed by atoms with van der Waals surface area (Å²) in [5, 5.41) is 0. The molecule has 0 aliphatic rings. The Kier molecular flexibility index (Phi) is 3.28. The van der Waals surface area contributed by atoms with Crippen LogP contribution in [0.3, 0.4) is 0 Å². The van der Waals surface area contributed by atoms with Crippen molar-refractivity contribution in [3.05, 3.63) is 53.8 Å². The molecule has 2 rings (SSSR count). The van der Waals surface area contributed by atoms with E-state index in [1.165, 1.54) is 13.2 Å². The van der Waals surface area contributed by atoms with Crippen molar-refractivity contribution in [3.8, 4) is 11.1 Å². The smallest absolute Gasteiger partial charge is 0.337 e. The van der Waals surface area contributed by atoms with Crippen LogP contribution in [0.25, 0.3) is 11.1 Å². The van der Waals surface area contributed by atoms with Crippen molar-refractivity contribution in [2.45, 2.75) is 0 Å². The van der Waals surface area contributed by atoms with Crippen LogP contribution in [0.15, 0.2) is 42.5 Å². The zero-order valence-corrected chi connectivity index (χ0v) is 9.81. The largest absolute Gasteiger partial charge is 0.465 e. The van der Waals surface area contributed by atoms with Crippen LogP contribution in [0.1, 0.15) is 10.4 Å². The highest BCUT2D eigenvalue weighted by atomic mass is 19.1. The number of carbonyl (C=O) groups excluding carboxylic acids is 1. The van der Waals surface area contributed by atoms with E-state index in [1.807, 2.05) is 0 Å². The predicted molar refractivity (Wildman–Crippen MR) is 67.6 cm³/mol. The monoisotopic (exact) mass is 245 g/mol. The molecule has 0 unspecified atom stereocenters. The first kappa shape index (κ1) is 12.1. The second kappa shape index (κ2) is 4.87. The molecule has 0 bridgehead atoms. The number of anilines is 1. The van der Waals surface area contributed by atoms with Crippen molar-refractivity contribution in [3.63, 3.8) is 0 Å². The summed E-state index contributed by atoms with van der Waals surface area (Å²) in [7, 11) is 1.26. The minimum Gasteiger partial charge on any atom is -0.465 e. The Hall–Kier alpha value is -2.36. The maximum absolute atomic E-state index is 13.5. The molecule has 0 atom stereocenters. The van der Waals surface area contributed by atoms with Crippen molar-refractivity contribution in [2.75, 3.05) is 12.8 Å². The molecule has 0 saturated heterocycles. The number of nitrogens with two attached hydrogens (primary N) is 1. The molecular formula is C14H12FNO2. The molecule has 0 heterocycles. The fourth-order valence-electron chi connectivity index (χ4n) is 1.71. The maximum Gasteiger partial charge on any atom is 0.337 e. The van der Waals surface area contributed by atoms with E-state index in [9.17, 15) is 9.18 Å². The highest BCUT2D eigenvalue weighted by Gasteiger charge is 2.10. The first-order valence-electron chi connectivity index (χ1n) is 5.35. The number of halogens is 1. The van der Waals surface area contributed by atoms with E-state index in [-0.39, 0.29) is 5.56 Å². The molecule has 0 aliphatic heterocycles. The molecule has 3 nitrogen and oxygen atoms in total. The molecule has 0 aromatic heterocycles. The van der Waals surface area contributed by atoms with E-state index in [4.69, 9.17) is 5.73 Å². The fourth-order valence-corrected chi connectivity index (χ4v) is 1.71. The second-order valence-corrected chi connectivity index (χ2v) is 3.85. The van der Waals surface area contributed by atoms with Gasteiger partial charge in [0.2, 0.25) is 0 Å². The molecule has 0 spiro atoms. The van der Waals surface area contributed by atoms with Crippen LogP contribution < -0.4 is 5.73 Å². The van der Waals surface area contributed by atoms with Crippen LogP contribution in [-0.4, -0.2) is 13.1 Å². The van der Waals surface area contributed by atoms with Crippen molar-refractivity contribution in [2.24, 2.45) is 0 Å². The number of methoxy groups -OCH3 is 1. The van der Waals surface area contributed by atoms with Gasteiger partial charge in [-0.25, -0.2) is 9.18 Å². The summed E-state index contributed by atoms with van der Waals surface area (Å²) >= 11 is 0. The minimum atomic E-state index is -0.570. The predicted octanol–water partition coefficient (Wildman–Crippen LogP) is 2.86. The highest BCUT2D eigenvalue weighted by molar-refractivity contribution is 5.91. The number of hydrogen-bond donors (Lipinski definition) is 1. The molecule has 0 aliphatic carbocycles. The molecule has 0 amide bonds. The van der Waals surface area contributed by atoms with Gasteiger partial charge >= 0.3 is 5.97 Å². The number of ether oxygens (including phenoxy) is 1. The average molecular weight is 245 g/mol. The third-order valence-electron chi connectivity index (χ3n) is 2.54. The molecule has 4 heteroatoms. The Morgan fingerprint density at radius 2 is 1.94 bits per heavy atom. The third-order valence-corrected chi connectivity index (χ3v) is 2.54. The van der Waals surface area contributed by atoms with Gasteiger partial charge in [0, 0.05) is 5.69 Å². The Bertz CT molecular complexity index is 596. The fraction of sp³-hybridized carbons (Fsp3) is 0.0714. The number of nitrogen functional groups attached to an aromatic ring is 1. The Balaban J connectivity index is 2.51. The SMILES string of the molecule is COC(=O)c1cc(F)cc(-c2cccc(N)c2)c1. The first-order chi connectivity index (χ1) is 8.60. The summed E-state index contributed by atoms with van der Waals surface area (Å²) in [6.07, 6.45) is 0. The van der Waals surface area contributed by atoms with Gasteiger partial charge in [-0.2, -0.15) is 0 Å². The standard InChI is InChI=1S/C14H12FNO2/c1-18-14(17)11-5-10(6-12(15)7-11)9-3-2-4-13(16)8-9/h2-8H,16H2,1H3. The molecule has 18 heavy (non-hydrogen) atoms. The van der Waals surface area contributed by atoms with Crippen LogP contribution >= 0.6 is 0 Å². The number of benzene rings is 2. The van der Waals surface area contributed by atoms with Crippen LogP contribution in [0, 0.1) is 5.82 Å². The maximum atomic E-state index is 13.5. The van der Waals surface area contributed by atoms with Gasteiger partial charge in [-0.05, 0) is 41.5 Å². The quantitative estimate of drug-likeness (QED) is 0.653. The zero-order chi connectivity index (χ0) is 13.1. The Labute approximate surface area is 104 Å². The summed E-state index contributed by atoms with van der Waals surface area (Å²) in [5.74, 6) is -1.06. The number of rotatable bonds is 2. The second-order valence-electron chi connectivity index (χ2n) is 3.85. The van der Waals surface area contributed by atoms with Gasteiger partial charge in [0.05, 0.1) is 12.7 Å². The molecule has 0 saturated carbocycles. The normalized spacial score (nSPS) is 10.1. The summed E-state index contributed by atoms with van der Waals surface area (Å²) in [6, 6.07) is 11.1. The van der Waals surface area contributed by atoms with Gasteiger partial charge in [-0.3, -0.25) is 0 Å². The van der Waals surface area contributed by atoms with Gasteiger partial charge in [-0.15, -0.1) is 0 Å². The van der Waals surface area contributed by atoms with Crippen molar-refractivity contribution in [1.82, 2.24) is 0 Å². The minimum absolute atomic E-state index is 0.176. The van der Waals surface area contributed by atoms with Crippen molar-refractivity contribution >= 4 is 11.7 Å². The summed E-state index contributed by atoms with van der Waals surface area (Å²) < 4.78 is 18.0.